The van der Waals surface area contributed by atoms with Crippen LogP contribution < -0.4 is 5.32 Å². The van der Waals surface area contributed by atoms with Crippen LogP contribution in [-0.4, -0.2) is 26.3 Å². The zero-order chi connectivity index (χ0) is 11.5. The van der Waals surface area contributed by atoms with Gasteiger partial charge in [0.2, 0.25) is 0 Å². The Morgan fingerprint density at radius 1 is 1.20 bits per heavy atom. The van der Waals surface area contributed by atoms with Crippen LogP contribution in [0.2, 0.25) is 0 Å². The summed E-state index contributed by atoms with van der Waals surface area (Å²) in [5.74, 6) is 0.723. The highest BCUT2D eigenvalue weighted by atomic mass is 16.5. The van der Waals surface area contributed by atoms with E-state index in [0.29, 0.717) is 6.04 Å². The zero-order valence-electron chi connectivity index (χ0n) is 11.0. The van der Waals surface area contributed by atoms with Gasteiger partial charge >= 0.3 is 0 Å². The van der Waals surface area contributed by atoms with Gasteiger partial charge in [-0.1, -0.05) is 27.2 Å². The fourth-order valence-electron chi connectivity index (χ4n) is 1.85. The highest BCUT2D eigenvalue weighted by molar-refractivity contribution is 4.61. The highest BCUT2D eigenvalue weighted by Gasteiger charge is 2.03. The fourth-order valence-corrected chi connectivity index (χ4v) is 1.85. The Labute approximate surface area is 95.8 Å². The first kappa shape index (κ1) is 14.9. The van der Waals surface area contributed by atoms with Gasteiger partial charge in [0, 0.05) is 19.3 Å². The van der Waals surface area contributed by atoms with Crippen molar-refractivity contribution >= 4 is 0 Å². The van der Waals surface area contributed by atoms with E-state index in [4.69, 9.17) is 4.74 Å². The minimum atomic E-state index is 0.668. The molecule has 0 aromatic carbocycles. The van der Waals surface area contributed by atoms with Crippen molar-refractivity contribution in [2.45, 2.75) is 58.9 Å². The van der Waals surface area contributed by atoms with Crippen LogP contribution in [0.4, 0.5) is 0 Å². The Balaban J connectivity index is 3.23. The molecule has 0 saturated carbocycles. The maximum absolute atomic E-state index is 5.66. The van der Waals surface area contributed by atoms with Gasteiger partial charge in [0.1, 0.15) is 0 Å². The fraction of sp³-hybridized carbons (Fsp3) is 1.00. The number of nitrogens with one attached hydrogen (secondary N) is 1. The van der Waals surface area contributed by atoms with Crippen molar-refractivity contribution in [3.8, 4) is 0 Å². The third-order valence-corrected chi connectivity index (χ3v) is 2.93. The molecule has 92 valence electrons. The smallest absolute Gasteiger partial charge is 0.0491 e. The van der Waals surface area contributed by atoms with E-state index in [-0.39, 0.29) is 0 Å². The predicted octanol–water partition coefficient (Wildman–Crippen LogP) is 3.22. The first-order chi connectivity index (χ1) is 7.24. The minimum absolute atomic E-state index is 0.668. The van der Waals surface area contributed by atoms with E-state index in [1.165, 1.54) is 32.1 Å². The molecule has 0 amide bonds. The molecule has 0 bridgehead atoms. The maximum Gasteiger partial charge on any atom is 0.0491 e. The van der Waals surface area contributed by atoms with E-state index in [9.17, 15) is 0 Å². The molecule has 0 fully saturated rings. The Kier molecular flexibility index (Phi) is 10.4. The molecule has 2 atom stereocenters. The van der Waals surface area contributed by atoms with Gasteiger partial charge in [0.25, 0.3) is 0 Å². The summed E-state index contributed by atoms with van der Waals surface area (Å²) in [5, 5.41) is 3.32. The largest absolute Gasteiger partial charge is 0.381 e. The van der Waals surface area contributed by atoms with Crippen molar-refractivity contribution in [2.24, 2.45) is 5.92 Å². The molecule has 0 radical (unpaired) electrons. The normalized spacial score (nSPS) is 15.2. The van der Waals surface area contributed by atoms with E-state index in [1.54, 1.807) is 0 Å². The quantitative estimate of drug-likeness (QED) is 0.565. The molecule has 0 saturated heterocycles. The lowest BCUT2D eigenvalue weighted by molar-refractivity contribution is 0.0970. The van der Waals surface area contributed by atoms with Crippen molar-refractivity contribution in [3.05, 3.63) is 0 Å². The number of hydrogen-bond donors (Lipinski definition) is 1. The van der Waals surface area contributed by atoms with Crippen LogP contribution in [0, 0.1) is 5.92 Å². The second-order valence-electron chi connectivity index (χ2n) is 4.50. The Morgan fingerprint density at radius 2 is 1.93 bits per heavy atom. The third kappa shape index (κ3) is 8.88. The van der Waals surface area contributed by atoms with Crippen LogP contribution in [0.3, 0.4) is 0 Å². The summed E-state index contributed by atoms with van der Waals surface area (Å²) in [7, 11) is 2.04. The summed E-state index contributed by atoms with van der Waals surface area (Å²) in [6, 6.07) is 0.668. The van der Waals surface area contributed by atoms with E-state index in [1.807, 2.05) is 7.05 Å². The molecule has 0 aliphatic heterocycles. The minimum Gasteiger partial charge on any atom is -0.381 e. The molecule has 0 aromatic heterocycles. The van der Waals surface area contributed by atoms with Crippen LogP contribution in [-0.2, 0) is 4.74 Å². The maximum atomic E-state index is 5.66. The average Bonchev–Trinajstić information content (AvgIpc) is 2.24. The SMILES string of the molecule is CCCC(C)COCCCC(CC)NC. The molecule has 0 aromatic rings. The van der Waals surface area contributed by atoms with Gasteiger partial charge in [-0.05, 0) is 38.6 Å². The summed E-state index contributed by atoms with van der Waals surface area (Å²) in [6.07, 6.45) is 6.17. The summed E-state index contributed by atoms with van der Waals surface area (Å²) in [6.45, 7) is 8.59. The molecule has 15 heavy (non-hydrogen) atoms. The van der Waals surface area contributed by atoms with E-state index in [0.717, 1.165) is 19.1 Å². The number of hydrogen-bond acceptors (Lipinski definition) is 2. The molecule has 2 nitrogen and oxygen atoms in total. The first-order valence-electron chi connectivity index (χ1n) is 6.49. The zero-order valence-corrected chi connectivity index (χ0v) is 11.0. The third-order valence-electron chi connectivity index (χ3n) is 2.93. The van der Waals surface area contributed by atoms with Gasteiger partial charge in [-0.15, -0.1) is 0 Å². The van der Waals surface area contributed by atoms with E-state index < -0.39 is 0 Å². The number of ether oxygens (including phenoxy) is 1. The predicted molar refractivity (Wildman–Crippen MR) is 67.3 cm³/mol. The molecule has 0 heterocycles. The molecular weight excluding hydrogens is 186 g/mol. The van der Waals surface area contributed by atoms with Crippen molar-refractivity contribution in [2.75, 3.05) is 20.3 Å². The topological polar surface area (TPSA) is 21.3 Å². The van der Waals surface area contributed by atoms with Crippen molar-refractivity contribution in [1.82, 2.24) is 5.32 Å². The summed E-state index contributed by atoms with van der Waals surface area (Å²) in [5.41, 5.74) is 0. The van der Waals surface area contributed by atoms with Crippen molar-refractivity contribution < 1.29 is 4.74 Å². The average molecular weight is 215 g/mol. The van der Waals surface area contributed by atoms with Crippen LogP contribution in [0.15, 0.2) is 0 Å². The van der Waals surface area contributed by atoms with Gasteiger partial charge < -0.3 is 10.1 Å². The van der Waals surface area contributed by atoms with Gasteiger partial charge in [-0.3, -0.25) is 0 Å². The number of rotatable bonds is 10. The Morgan fingerprint density at radius 3 is 2.47 bits per heavy atom. The molecule has 2 heteroatoms. The Hall–Kier alpha value is -0.0800. The molecule has 0 spiro atoms. The van der Waals surface area contributed by atoms with Gasteiger partial charge in [0.05, 0.1) is 0 Å². The molecular formula is C13H29NO. The van der Waals surface area contributed by atoms with Crippen LogP contribution in [0.1, 0.15) is 52.9 Å². The van der Waals surface area contributed by atoms with Crippen LogP contribution in [0.25, 0.3) is 0 Å². The van der Waals surface area contributed by atoms with Crippen LogP contribution >= 0.6 is 0 Å². The molecule has 0 aliphatic rings. The highest BCUT2D eigenvalue weighted by Crippen LogP contribution is 2.06. The van der Waals surface area contributed by atoms with E-state index >= 15 is 0 Å². The second-order valence-corrected chi connectivity index (χ2v) is 4.50. The standard InChI is InChI=1S/C13H29NO/c1-5-8-12(3)11-15-10-7-9-13(6-2)14-4/h12-14H,5-11H2,1-4H3. The molecule has 0 rings (SSSR count). The Bertz CT molecular complexity index is 124. The van der Waals surface area contributed by atoms with Gasteiger partial charge in [-0.25, -0.2) is 0 Å². The van der Waals surface area contributed by atoms with Crippen LogP contribution in [0.5, 0.6) is 0 Å². The van der Waals surface area contributed by atoms with Gasteiger partial charge in [-0.2, -0.15) is 0 Å². The molecule has 1 N–H and O–H groups in total. The monoisotopic (exact) mass is 215 g/mol. The van der Waals surface area contributed by atoms with Crippen molar-refractivity contribution in [1.29, 1.82) is 0 Å². The second kappa shape index (κ2) is 10.4. The van der Waals surface area contributed by atoms with Gasteiger partial charge in [0.15, 0.2) is 0 Å². The molecule has 2 unspecified atom stereocenters. The molecule has 0 aliphatic carbocycles. The summed E-state index contributed by atoms with van der Waals surface area (Å²) >= 11 is 0. The summed E-state index contributed by atoms with van der Waals surface area (Å²) < 4.78 is 5.66. The van der Waals surface area contributed by atoms with Crippen molar-refractivity contribution in [3.63, 3.8) is 0 Å². The lowest BCUT2D eigenvalue weighted by Gasteiger charge is -2.14. The lowest BCUT2D eigenvalue weighted by Crippen LogP contribution is -2.24. The first-order valence-corrected chi connectivity index (χ1v) is 6.49. The van der Waals surface area contributed by atoms with E-state index in [2.05, 4.69) is 26.1 Å². The summed E-state index contributed by atoms with van der Waals surface area (Å²) in [4.78, 5) is 0. The lowest BCUT2D eigenvalue weighted by atomic mass is 10.1.